The largest absolute Gasteiger partial charge is 0.435 e. The third kappa shape index (κ3) is 5.09. The van der Waals surface area contributed by atoms with Crippen molar-refractivity contribution in [1.82, 2.24) is 4.98 Å². The number of ether oxygens (including phenoxy) is 1. The number of ketones is 1. The summed E-state index contributed by atoms with van der Waals surface area (Å²) in [7, 11) is 0. The van der Waals surface area contributed by atoms with Crippen LogP contribution in [0.1, 0.15) is 22.2 Å². The molecular weight excluding hydrogens is 450 g/mol. The van der Waals surface area contributed by atoms with Crippen LogP contribution in [0, 0.1) is 0 Å². The van der Waals surface area contributed by atoms with Crippen LogP contribution < -0.4 is 21.1 Å². The Labute approximate surface area is 185 Å². The van der Waals surface area contributed by atoms with Crippen LogP contribution in [0.4, 0.5) is 25.4 Å². The molecule has 11 heteroatoms. The lowest BCUT2D eigenvalue weighted by molar-refractivity contribution is -0.118. The first-order valence-corrected chi connectivity index (χ1v) is 10.1. The van der Waals surface area contributed by atoms with Gasteiger partial charge in [0.15, 0.2) is 5.13 Å². The molecule has 7 nitrogen and oxygen atoms in total. The average molecular weight is 467 g/mol. The van der Waals surface area contributed by atoms with Crippen molar-refractivity contribution in [3.8, 4) is 5.75 Å². The molecule has 0 aliphatic heterocycles. The number of primary amides is 1. The second kappa shape index (κ2) is 9.27. The lowest BCUT2D eigenvalue weighted by Gasteiger charge is -2.26. The Morgan fingerprint density at radius 3 is 2.29 bits per heavy atom. The smallest absolute Gasteiger partial charge is 0.387 e. The molecule has 0 aliphatic rings. The zero-order chi connectivity index (χ0) is 22.7. The molecule has 0 saturated carbocycles. The summed E-state index contributed by atoms with van der Waals surface area (Å²) in [5.41, 5.74) is 12.3. The molecule has 0 unspecified atom stereocenters. The molecule has 2 aromatic carbocycles. The Kier molecular flexibility index (Phi) is 6.71. The van der Waals surface area contributed by atoms with Gasteiger partial charge in [0.1, 0.15) is 22.5 Å². The molecule has 0 radical (unpaired) electrons. The summed E-state index contributed by atoms with van der Waals surface area (Å²) < 4.78 is 28.9. The number of aromatic nitrogens is 1. The highest BCUT2D eigenvalue weighted by Crippen LogP contribution is 2.36. The Morgan fingerprint density at radius 2 is 1.74 bits per heavy atom. The first-order chi connectivity index (χ1) is 14.7. The van der Waals surface area contributed by atoms with Crippen molar-refractivity contribution in [2.24, 2.45) is 5.73 Å². The van der Waals surface area contributed by atoms with E-state index in [0.717, 1.165) is 11.3 Å². The fraction of sp³-hybridized carbons (Fsp3) is 0.150. The molecule has 3 rings (SSSR count). The molecule has 1 atom stereocenters. The van der Waals surface area contributed by atoms with Crippen molar-refractivity contribution in [1.29, 1.82) is 0 Å². The molecule has 1 heterocycles. The summed E-state index contributed by atoms with van der Waals surface area (Å²) in [5.74, 6) is -1.17. The average Bonchev–Trinajstić information content (AvgIpc) is 3.10. The number of halogens is 3. The highest BCUT2D eigenvalue weighted by molar-refractivity contribution is 7.18. The monoisotopic (exact) mass is 466 g/mol. The summed E-state index contributed by atoms with van der Waals surface area (Å²) in [6.45, 7) is -1.37. The number of carbonyl (C=O) groups excluding carboxylic acids is 2. The van der Waals surface area contributed by atoms with E-state index in [1.54, 1.807) is 36.1 Å². The number of hydrogen-bond acceptors (Lipinski definition) is 7. The molecule has 4 N–H and O–H groups in total. The van der Waals surface area contributed by atoms with Gasteiger partial charge < -0.3 is 21.1 Å². The number of amides is 1. The van der Waals surface area contributed by atoms with Crippen molar-refractivity contribution < 1.29 is 23.1 Å². The number of alkyl halides is 2. The molecule has 1 amide bonds. The van der Waals surface area contributed by atoms with Gasteiger partial charge in [-0.2, -0.15) is 8.78 Å². The Morgan fingerprint density at radius 1 is 1.13 bits per heavy atom. The van der Waals surface area contributed by atoms with Crippen LogP contribution in [0.5, 0.6) is 5.75 Å². The van der Waals surface area contributed by atoms with Gasteiger partial charge in [0.05, 0.1) is 0 Å². The van der Waals surface area contributed by atoms with E-state index in [9.17, 15) is 18.4 Å². The van der Waals surface area contributed by atoms with Crippen molar-refractivity contribution in [3.63, 3.8) is 0 Å². The zero-order valence-electron chi connectivity index (χ0n) is 16.1. The lowest BCUT2D eigenvalue weighted by Crippen LogP contribution is -2.39. The van der Waals surface area contributed by atoms with Crippen molar-refractivity contribution in [2.75, 3.05) is 10.6 Å². The van der Waals surface area contributed by atoms with Crippen LogP contribution in [0.15, 0.2) is 48.5 Å². The number of carbonyl (C=O) groups is 2. The zero-order valence-corrected chi connectivity index (χ0v) is 17.7. The van der Waals surface area contributed by atoms with E-state index in [2.05, 4.69) is 9.72 Å². The molecule has 3 aromatic rings. The molecule has 31 heavy (non-hydrogen) atoms. The van der Waals surface area contributed by atoms with Gasteiger partial charge in [0.25, 0.3) is 0 Å². The number of benzene rings is 2. The molecule has 162 valence electrons. The molecule has 0 bridgehead atoms. The van der Waals surface area contributed by atoms with Gasteiger partial charge in [-0.3, -0.25) is 9.59 Å². The van der Waals surface area contributed by atoms with Gasteiger partial charge in [0, 0.05) is 16.3 Å². The van der Waals surface area contributed by atoms with Gasteiger partial charge in [0.2, 0.25) is 11.7 Å². The predicted octanol–water partition coefficient (Wildman–Crippen LogP) is 4.22. The first-order valence-electron chi connectivity index (χ1n) is 8.87. The van der Waals surface area contributed by atoms with E-state index in [0.29, 0.717) is 10.7 Å². The van der Waals surface area contributed by atoms with Gasteiger partial charge in [-0.15, -0.1) is 0 Å². The van der Waals surface area contributed by atoms with Crippen molar-refractivity contribution in [3.05, 3.63) is 64.0 Å². The highest BCUT2D eigenvalue weighted by atomic mass is 35.5. The van der Waals surface area contributed by atoms with Gasteiger partial charge >= 0.3 is 6.61 Å². The summed E-state index contributed by atoms with van der Waals surface area (Å²) in [6.07, 6.45) is 0. The van der Waals surface area contributed by atoms with E-state index >= 15 is 0 Å². The van der Waals surface area contributed by atoms with E-state index in [4.69, 9.17) is 23.1 Å². The second-order valence-electron chi connectivity index (χ2n) is 6.37. The van der Waals surface area contributed by atoms with E-state index in [1.807, 2.05) is 0 Å². The lowest BCUT2D eigenvalue weighted by atomic mass is 10.1. The number of rotatable bonds is 8. The Balaban J connectivity index is 1.95. The number of nitrogens with zero attached hydrogens (tertiary/aromatic N) is 2. The van der Waals surface area contributed by atoms with Crippen LogP contribution in [-0.4, -0.2) is 29.3 Å². The molecule has 1 aromatic heterocycles. The molecule has 0 saturated heterocycles. The van der Waals surface area contributed by atoms with E-state index in [1.165, 1.54) is 24.3 Å². The summed E-state index contributed by atoms with van der Waals surface area (Å²) in [5, 5.41) is 0.788. The first kappa shape index (κ1) is 22.4. The Hall–Kier alpha value is -3.24. The third-order valence-corrected chi connectivity index (χ3v) is 5.62. The minimum atomic E-state index is -2.97. The van der Waals surface area contributed by atoms with Crippen LogP contribution in [0.25, 0.3) is 0 Å². The maximum atomic E-state index is 12.9. The summed E-state index contributed by atoms with van der Waals surface area (Å²) in [4.78, 5) is 30.7. The van der Waals surface area contributed by atoms with Crippen molar-refractivity contribution in [2.45, 2.75) is 19.6 Å². The topological polar surface area (TPSA) is 112 Å². The predicted molar refractivity (Wildman–Crippen MR) is 115 cm³/mol. The molecular formula is C20H17ClF2N4O3S. The minimum Gasteiger partial charge on any atom is -0.435 e. The number of hydrogen-bond donors (Lipinski definition) is 2. The normalized spacial score (nSPS) is 11.9. The van der Waals surface area contributed by atoms with Gasteiger partial charge in [-0.25, -0.2) is 4.98 Å². The third-order valence-electron chi connectivity index (χ3n) is 4.30. The van der Waals surface area contributed by atoms with Gasteiger partial charge in [-0.1, -0.05) is 22.9 Å². The van der Waals surface area contributed by atoms with E-state index in [-0.39, 0.29) is 27.1 Å². The standard InChI is InChI=1S/C20H17ClF2N4O3S/c1-10(18(25)29)27(13-6-4-12(21)5-7-13)20-26-17(24)16(31-20)15(28)11-2-8-14(9-3-11)30-19(22)23/h2-10,19H,24H2,1H3,(H2,25,29)/t10-/m0/s1. The molecule has 0 spiro atoms. The van der Waals surface area contributed by atoms with Crippen molar-refractivity contribution >= 4 is 51.3 Å². The quantitative estimate of drug-likeness (QED) is 0.481. The number of nitrogen functional groups attached to an aromatic ring is 1. The van der Waals surface area contributed by atoms with Gasteiger partial charge in [-0.05, 0) is 55.5 Å². The molecule has 0 fully saturated rings. The summed E-state index contributed by atoms with van der Waals surface area (Å²) >= 11 is 6.92. The Bertz CT molecular complexity index is 1090. The number of nitrogens with two attached hydrogens (primary N) is 2. The van der Waals surface area contributed by atoms with Crippen LogP contribution in [0.2, 0.25) is 5.02 Å². The summed E-state index contributed by atoms with van der Waals surface area (Å²) in [6, 6.07) is 11.1. The SMILES string of the molecule is C[C@@H](C(N)=O)N(c1ccc(Cl)cc1)c1nc(N)c(C(=O)c2ccc(OC(F)F)cc2)s1. The highest BCUT2D eigenvalue weighted by Gasteiger charge is 2.27. The molecule has 0 aliphatic carbocycles. The fourth-order valence-electron chi connectivity index (χ4n) is 2.73. The van der Waals surface area contributed by atoms with Crippen LogP contribution in [-0.2, 0) is 4.79 Å². The fourth-order valence-corrected chi connectivity index (χ4v) is 3.91. The number of thiazole rings is 1. The van der Waals surface area contributed by atoms with Crippen LogP contribution in [0.3, 0.4) is 0 Å². The maximum Gasteiger partial charge on any atom is 0.387 e. The van der Waals surface area contributed by atoms with Crippen LogP contribution >= 0.6 is 22.9 Å². The second-order valence-corrected chi connectivity index (χ2v) is 7.78. The van der Waals surface area contributed by atoms with E-state index < -0.39 is 24.3 Å². The minimum absolute atomic E-state index is 0.0338. The maximum absolute atomic E-state index is 12.9. The number of anilines is 3.